The van der Waals surface area contributed by atoms with Crippen LogP contribution in [0, 0.1) is 24.7 Å². The molecule has 2 N–H and O–H groups in total. The molecule has 1 amide bonds. The molecule has 3 heterocycles. The number of nitrogens with zero attached hydrogens (tertiary/aromatic N) is 2. The van der Waals surface area contributed by atoms with Gasteiger partial charge in [0.15, 0.2) is 0 Å². The molecule has 2 aromatic rings. The summed E-state index contributed by atoms with van der Waals surface area (Å²) in [5.41, 5.74) is 2.09. The summed E-state index contributed by atoms with van der Waals surface area (Å²) in [7, 11) is 0. The van der Waals surface area contributed by atoms with Gasteiger partial charge in [0.25, 0.3) is 0 Å². The van der Waals surface area contributed by atoms with E-state index in [4.69, 9.17) is 4.98 Å². The Labute approximate surface area is 135 Å². The zero-order valence-electron chi connectivity index (χ0n) is 13.4. The molecule has 5 heteroatoms. The molecule has 3 fully saturated rings. The summed E-state index contributed by atoms with van der Waals surface area (Å²) in [5, 5.41) is 6.74. The fourth-order valence-electron chi connectivity index (χ4n) is 4.58. The maximum absolute atomic E-state index is 12.7. The van der Waals surface area contributed by atoms with Gasteiger partial charge >= 0.3 is 0 Å². The lowest BCUT2D eigenvalue weighted by molar-refractivity contribution is -0.126. The summed E-state index contributed by atoms with van der Waals surface area (Å²) in [6.45, 7) is 4.10. The van der Waals surface area contributed by atoms with Gasteiger partial charge in [0.2, 0.25) is 5.91 Å². The second-order valence-electron chi connectivity index (χ2n) is 7.46. The third-order valence-electron chi connectivity index (χ3n) is 6.17. The van der Waals surface area contributed by atoms with Crippen LogP contribution in [0.5, 0.6) is 0 Å². The van der Waals surface area contributed by atoms with Crippen LogP contribution >= 0.6 is 0 Å². The Bertz CT molecular complexity index is 781. The van der Waals surface area contributed by atoms with E-state index in [-0.39, 0.29) is 17.4 Å². The maximum Gasteiger partial charge on any atom is 0.224 e. The van der Waals surface area contributed by atoms with Crippen molar-refractivity contribution < 1.29 is 4.79 Å². The Morgan fingerprint density at radius 1 is 1.39 bits per heavy atom. The van der Waals surface area contributed by atoms with Crippen LogP contribution < -0.4 is 10.6 Å². The number of fused-ring (bicyclic) bond motifs is 2. The molecule has 120 valence electrons. The Morgan fingerprint density at radius 3 is 2.87 bits per heavy atom. The van der Waals surface area contributed by atoms with Crippen molar-refractivity contribution in [1.29, 1.82) is 0 Å². The molecule has 0 radical (unpaired) electrons. The molecule has 2 aliphatic carbocycles. The first kappa shape index (κ1) is 13.5. The van der Waals surface area contributed by atoms with Crippen LogP contribution in [-0.4, -0.2) is 28.4 Å². The molecule has 0 aromatic carbocycles. The van der Waals surface area contributed by atoms with E-state index < -0.39 is 0 Å². The average molecular weight is 310 g/mol. The maximum atomic E-state index is 12.7. The molecule has 1 saturated heterocycles. The number of imidazole rings is 1. The first-order chi connectivity index (χ1) is 11.2. The van der Waals surface area contributed by atoms with Crippen molar-refractivity contribution in [2.75, 3.05) is 13.1 Å². The molecular formula is C18H22N4O. The minimum atomic E-state index is -0.262. The van der Waals surface area contributed by atoms with Crippen molar-refractivity contribution in [3.05, 3.63) is 35.9 Å². The summed E-state index contributed by atoms with van der Waals surface area (Å²) >= 11 is 0. The number of piperidine rings is 1. The van der Waals surface area contributed by atoms with Crippen molar-refractivity contribution in [2.24, 2.45) is 17.8 Å². The summed E-state index contributed by atoms with van der Waals surface area (Å²) in [4.78, 5) is 17.4. The topological polar surface area (TPSA) is 58.4 Å². The van der Waals surface area contributed by atoms with Gasteiger partial charge < -0.3 is 15.0 Å². The highest BCUT2D eigenvalue weighted by atomic mass is 16.2. The fraction of sp³-hybridized carbons (Fsp3) is 0.556. The van der Waals surface area contributed by atoms with Crippen molar-refractivity contribution >= 4 is 11.4 Å². The number of carbonyl (C=O) groups is 1. The van der Waals surface area contributed by atoms with Crippen LogP contribution in [0.3, 0.4) is 0 Å². The van der Waals surface area contributed by atoms with Gasteiger partial charge in [-0.15, -0.1) is 0 Å². The number of rotatable bonds is 3. The van der Waals surface area contributed by atoms with E-state index in [2.05, 4.69) is 40.3 Å². The summed E-state index contributed by atoms with van der Waals surface area (Å²) in [6.07, 6.45) is 7.14. The lowest BCUT2D eigenvalue weighted by Crippen LogP contribution is -2.53. The average Bonchev–Trinajstić information content (AvgIpc) is 2.89. The first-order valence-corrected chi connectivity index (χ1v) is 8.65. The molecule has 2 atom stereocenters. The number of aryl methyl sites for hydroxylation is 1. The molecule has 2 unspecified atom stereocenters. The van der Waals surface area contributed by atoms with Crippen LogP contribution in [-0.2, 0) is 10.3 Å². The molecule has 0 bridgehead atoms. The third-order valence-corrected chi connectivity index (χ3v) is 6.17. The van der Waals surface area contributed by atoms with Crippen LogP contribution in [0.2, 0.25) is 0 Å². The highest BCUT2D eigenvalue weighted by molar-refractivity contribution is 5.83. The zero-order chi connectivity index (χ0) is 15.6. The molecule has 3 aliphatic rings. The second-order valence-corrected chi connectivity index (χ2v) is 7.46. The van der Waals surface area contributed by atoms with E-state index in [1.165, 1.54) is 5.56 Å². The predicted molar refractivity (Wildman–Crippen MR) is 86.9 cm³/mol. The molecule has 1 aliphatic heterocycles. The fourth-order valence-corrected chi connectivity index (χ4v) is 4.58. The van der Waals surface area contributed by atoms with Crippen LogP contribution in [0.25, 0.3) is 5.52 Å². The van der Waals surface area contributed by atoms with Gasteiger partial charge in [0.1, 0.15) is 5.82 Å². The summed E-state index contributed by atoms with van der Waals surface area (Å²) < 4.78 is 2.16. The number of nitrogens with one attached hydrogen (secondary N) is 2. The number of hydrogen-bond donors (Lipinski definition) is 2. The normalized spacial score (nSPS) is 30.7. The number of carbonyl (C=O) groups excluding carboxylic acids is 1. The quantitative estimate of drug-likeness (QED) is 0.905. The Balaban J connectivity index is 1.46. The van der Waals surface area contributed by atoms with E-state index in [1.54, 1.807) is 0 Å². The zero-order valence-corrected chi connectivity index (χ0v) is 13.4. The van der Waals surface area contributed by atoms with Crippen molar-refractivity contribution in [2.45, 2.75) is 31.7 Å². The van der Waals surface area contributed by atoms with Gasteiger partial charge in [-0.05, 0) is 62.7 Å². The van der Waals surface area contributed by atoms with Gasteiger partial charge in [0, 0.05) is 12.1 Å². The molecular weight excluding hydrogens is 288 g/mol. The molecule has 5 rings (SSSR count). The van der Waals surface area contributed by atoms with E-state index in [1.807, 2.05) is 6.20 Å². The van der Waals surface area contributed by atoms with Crippen LogP contribution in [0.15, 0.2) is 24.5 Å². The van der Waals surface area contributed by atoms with E-state index in [9.17, 15) is 4.79 Å². The predicted octanol–water partition coefficient (Wildman–Crippen LogP) is 1.60. The van der Waals surface area contributed by atoms with Crippen molar-refractivity contribution in [3.63, 3.8) is 0 Å². The SMILES string of the molecule is Cc1cccn2c(C3(NC(=O)C4C5CNCC54)CCC3)ncc12. The van der Waals surface area contributed by atoms with E-state index >= 15 is 0 Å². The standard InChI is InChI=1S/C18H22N4O/c1-11-4-2-7-22-14(11)10-20-17(22)18(5-3-6-18)21-16(23)15-12-8-19-9-13(12)15/h2,4,7,10,12-13,15,19H,3,5-6,8-9H2,1H3,(H,21,23). The number of aromatic nitrogens is 2. The third kappa shape index (κ3) is 1.83. The number of hydrogen-bond acceptors (Lipinski definition) is 3. The highest BCUT2D eigenvalue weighted by Gasteiger charge is 2.58. The minimum absolute atomic E-state index is 0.224. The lowest BCUT2D eigenvalue weighted by atomic mass is 9.75. The number of pyridine rings is 1. The van der Waals surface area contributed by atoms with E-state index in [0.29, 0.717) is 11.8 Å². The monoisotopic (exact) mass is 310 g/mol. The smallest absolute Gasteiger partial charge is 0.224 e. The van der Waals surface area contributed by atoms with Crippen LogP contribution in [0.1, 0.15) is 30.7 Å². The molecule has 2 saturated carbocycles. The highest BCUT2D eigenvalue weighted by Crippen LogP contribution is 2.50. The van der Waals surface area contributed by atoms with Gasteiger partial charge in [-0.25, -0.2) is 4.98 Å². The molecule has 23 heavy (non-hydrogen) atoms. The Hall–Kier alpha value is -1.88. The Kier molecular flexibility index (Phi) is 2.69. The largest absolute Gasteiger partial charge is 0.343 e. The lowest BCUT2D eigenvalue weighted by Gasteiger charge is -2.41. The minimum Gasteiger partial charge on any atom is -0.343 e. The number of amides is 1. The van der Waals surface area contributed by atoms with Crippen molar-refractivity contribution in [3.8, 4) is 0 Å². The van der Waals surface area contributed by atoms with Gasteiger partial charge in [-0.2, -0.15) is 0 Å². The Morgan fingerprint density at radius 2 is 2.17 bits per heavy atom. The van der Waals surface area contributed by atoms with Gasteiger partial charge in [0.05, 0.1) is 17.3 Å². The first-order valence-electron chi connectivity index (χ1n) is 8.65. The van der Waals surface area contributed by atoms with Gasteiger partial charge in [-0.3, -0.25) is 4.79 Å². The summed E-state index contributed by atoms with van der Waals surface area (Å²) in [6, 6.07) is 4.16. The van der Waals surface area contributed by atoms with E-state index in [0.717, 1.165) is 43.7 Å². The molecule has 2 aromatic heterocycles. The van der Waals surface area contributed by atoms with Crippen LogP contribution in [0.4, 0.5) is 0 Å². The second kappa shape index (κ2) is 4.57. The molecule has 5 nitrogen and oxygen atoms in total. The molecule has 0 spiro atoms. The van der Waals surface area contributed by atoms with Gasteiger partial charge in [-0.1, -0.05) is 6.07 Å². The van der Waals surface area contributed by atoms with Crippen molar-refractivity contribution in [1.82, 2.24) is 20.0 Å². The summed E-state index contributed by atoms with van der Waals surface area (Å²) in [5.74, 6) is 2.59.